The summed E-state index contributed by atoms with van der Waals surface area (Å²) in [6.07, 6.45) is 1.43. The zero-order valence-electron chi connectivity index (χ0n) is 21.3. The molecule has 9 nitrogen and oxygen atoms in total. The maximum atomic E-state index is 13.4. The molecule has 9 heteroatoms. The van der Waals surface area contributed by atoms with Crippen LogP contribution >= 0.6 is 0 Å². The average molecular weight is 505 g/mol. The van der Waals surface area contributed by atoms with Gasteiger partial charge < -0.3 is 14.7 Å². The lowest BCUT2D eigenvalue weighted by atomic mass is 9.96. The number of imide groups is 1. The highest BCUT2D eigenvalue weighted by Gasteiger charge is 2.38. The van der Waals surface area contributed by atoms with E-state index in [-0.39, 0.29) is 35.4 Å². The summed E-state index contributed by atoms with van der Waals surface area (Å²) in [4.78, 5) is 70.9. The van der Waals surface area contributed by atoms with E-state index in [1.54, 1.807) is 64.4 Å². The molecule has 0 spiro atoms. The maximum absolute atomic E-state index is 13.4. The Balaban J connectivity index is 1.49. The Kier molecular flexibility index (Phi) is 8.01. The summed E-state index contributed by atoms with van der Waals surface area (Å²) in [6.45, 7) is 5.20. The fraction of sp³-hybridized carbons (Fsp3) is 0.393. The van der Waals surface area contributed by atoms with Crippen molar-refractivity contribution in [2.24, 2.45) is 5.92 Å². The van der Waals surface area contributed by atoms with Crippen LogP contribution in [0.25, 0.3) is 0 Å². The van der Waals surface area contributed by atoms with Crippen molar-refractivity contribution in [2.45, 2.75) is 26.7 Å². The van der Waals surface area contributed by atoms with Crippen molar-refractivity contribution in [3.05, 3.63) is 65.7 Å². The van der Waals surface area contributed by atoms with E-state index in [9.17, 15) is 24.0 Å². The first-order valence-corrected chi connectivity index (χ1v) is 12.7. The van der Waals surface area contributed by atoms with E-state index in [0.717, 1.165) is 11.3 Å². The third-order valence-corrected chi connectivity index (χ3v) is 7.03. The Bertz CT molecular complexity index is 1160. The van der Waals surface area contributed by atoms with Crippen LogP contribution in [0.5, 0.6) is 0 Å². The molecule has 0 bridgehead atoms. The second kappa shape index (κ2) is 11.4. The van der Waals surface area contributed by atoms with Gasteiger partial charge in [-0.1, -0.05) is 30.3 Å². The lowest BCUT2D eigenvalue weighted by Gasteiger charge is -2.35. The third kappa shape index (κ3) is 5.40. The van der Waals surface area contributed by atoms with Crippen LogP contribution in [0.15, 0.2) is 54.6 Å². The molecule has 0 aliphatic carbocycles. The van der Waals surface area contributed by atoms with E-state index < -0.39 is 24.3 Å². The minimum atomic E-state index is -0.540. The Hall–Kier alpha value is -4.01. The van der Waals surface area contributed by atoms with Crippen LogP contribution in [-0.2, 0) is 14.4 Å². The van der Waals surface area contributed by atoms with Crippen LogP contribution < -0.4 is 4.90 Å². The number of piperidine rings is 1. The minimum Gasteiger partial charge on any atom is -0.343 e. The van der Waals surface area contributed by atoms with Gasteiger partial charge >= 0.3 is 0 Å². The van der Waals surface area contributed by atoms with Crippen molar-refractivity contribution in [3.8, 4) is 0 Å². The SMILES string of the molecule is CCN(CC)C(=O)C1CCCN(C(=O)CN(C(=O)CN2C(=O)c3ccccc3C2=O)c2ccccc2)C1. The van der Waals surface area contributed by atoms with Crippen LogP contribution in [0.4, 0.5) is 5.69 Å². The molecule has 0 aromatic heterocycles. The first kappa shape index (κ1) is 26.1. The molecule has 1 saturated heterocycles. The monoisotopic (exact) mass is 504 g/mol. The highest BCUT2D eigenvalue weighted by atomic mass is 16.2. The number of benzene rings is 2. The molecule has 2 aromatic rings. The number of hydrogen-bond acceptors (Lipinski definition) is 5. The summed E-state index contributed by atoms with van der Waals surface area (Å²) in [6, 6.07) is 15.2. The predicted octanol–water partition coefficient (Wildman–Crippen LogP) is 2.42. The normalized spacial score (nSPS) is 17.0. The summed E-state index contributed by atoms with van der Waals surface area (Å²) < 4.78 is 0. The topological polar surface area (TPSA) is 98.3 Å². The van der Waals surface area contributed by atoms with E-state index in [1.807, 2.05) is 13.8 Å². The van der Waals surface area contributed by atoms with Crippen LogP contribution in [-0.4, -0.2) is 83.5 Å². The first-order valence-electron chi connectivity index (χ1n) is 12.7. The molecule has 2 heterocycles. The van der Waals surface area contributed by atoms with Crippen molar-refractivity contribution in [3.63, 3.8) is 0 Å². The molecule has 0 saturated carbocycles. The number of para-hydroxylation sites is 1. The summed E-state index contributed by atoms with van der Waals surface area (Å²) in [5.74, 6) is -2.09. The number of carbonyl (C=O) groups is 5. The molecule has 1 fully saturated rings. The molecule has 2 aliphatic heterocycles. The number of carbonyl (C=O) groups excluding carboxylic acids is 5. The van der Waals surface area contributed by atoms with E-state index in [4.69, 9.17) is 0 Å². The predicted molar refractivity (Wildman–Crippen MR) is 138 cm³/mol. The first-order chi connectivity index (χ1) is 17.8. The van der Waals surface area contributed by atoms with Crippen molar-refractivity contribution in [1.82, 2.24) is 14.7 Å². The van der Waals surface area contributed by atoms with Gasteiger partial charge in [0.15, 0.2) is 0 Å². The van der Waals surface area contributed by atoms with Gasteiger partial charge in [0, 0.05) is 31.9 Å². The number of rotatable bonds is 8. The number of anilines is 1. The zero-order chi connectivity index (χ0) is 26.5. The van der Waals surface area contributed by atoms with Crippen LogP contribution in [0.2, 0.25) is 0 Å². The van der Waals surface area contributed by atoms with Gasteiger partial charge in [-0.25, -0.2) is 0 Å². The van der Waals surface area contributed by atoms with Crippen LogP contribution in [0.1, 0.15) is 47.4 Å². The lowest BCUT2D eigenvalue weighted by Crippen LogP contribution is -2.51. The standard InChI is InChI=1S/C28H32N4O5/c1-3-29(4-2)26(35)20-11-10-16-30(17-20)24(33)18-31(21-12-6-5-7-13-21)25(34)19-32-27(36)22-14-8-9-15-23(22)28(32)37/h5-9,12-15,20H,3-4,10-11,16-19H2,1-2H3. The molecular weight excluding hydrogens is 472 g/mol. The van der Waals surface area contributed by atoms with Crippen molar-refractivity contribution < 1.29 is 24.0 Å². The Morgan fingerprint density at radius 3 is 2.08 bits per heavy atom. The quantitative estimate of drug-likeness (QED) is 0.515. The minimum absolute atomic E-state index is 0.0455. The summed E-state index contributed by atoms with van der Waals surface area (Å²) in [5, 5.41) is 0. The van der Waals surface area contributed by atoms with Crippen molar-refractivity contribution in [1.29, 1.82) is 0 Å². The fourth-order valence-electron chi connectivity index (χ4n) is 4.97. The molecule has 5 amide bonds. The molecule has 2 aromatic carbocycles. The molecule has 1 unspecified atom stereocenters. The van der Waals surface area contributed by atoms with Gasteiger partial charge in [0.1, 0.15) is 13.1 Å². The summed E-state index contributed by atoms with van der Waals surface area (Å²) in [7, 11) is 0. The van der Waals surface area contributed by atoms with Crippen molar-refractivity contribution >= 4 is 35.2 Å². The smallest absolute Gasteiger partial charge is 0.262 e. The largest absolute Gasteiger partial charge is 0.343 e. The lowest BCUT2D eigenvalue weighted by molar-refractivity contribution is -0.140. The van der Waals surface area contributed by atoms with E-state index >= 15 is 0 Å². The van der Waals surface area contributed by atoms with Gasteiger partial charge in [0.25, 0.3) is 11.8 Å². The highest BCUT2D eigenvalue weighted by molar-refractivity contribution is 6.22. The molecule has 1 atom stereocenters. The Morgan fingerprint density at radius 1 is 0.892 bits per heavy atom. The average Bonchev–Trinajstić information content (AvgIpc) is 3.17. The van der Waals surface area contributed by atoms with Gasteiger partial charge in [-0.2, -0.15) is 0 Å². The van der Waals surface area contributed by atoms with E-state index in [0.29, 0.717) is 38.3 Å². The Morgan fingerprint density at radius 2 is 1.49 bits per heavy atom. The fourth-order valence-corrected chi connectivity index (χ4v) is 4.97. The molecule has 194 valence electrons. The molecule has 4 rings (SSSR count). The number of hydrogen-bond donors (Lipinski definition) is 0. The van der Waals surface area contributed by atoms with Gasteiger partial charge in [-0.05, 0) is 51.0 Å². The van der Waals surface area contributed by atoms with E-state index in [1.165, 1.54) is 4.90 Å². The molecule has 0 N–H and O–H groups in total. The van der Waals surface area contributed by atoms with Crippen LogP contribution in [0.3, 0.4) is 0 Å². The molecular formula is C28H32N4O5. The second-order valence-corrected chi connectivity index (χ2v) is 9.25. The van der Waals surface area contributed by atoms with Gasteiger partial charge in [0.2, 0.25) is 17.7 Å². The molecule has 37 heavy (non-hydrogen) atoms. The Labute approximate surface area is 216 Å². The van der Waals surface area contributed by atoms with Gasteiger partial charge in [-0.3, -0.25) is 28.9 Å². The highest BCUT2D eigenvalue weighted by Crippen LogP contribution is 2.24. The van der Waals surface area contributed by atoms with Gasteiger partial charge in [-0.15, -0.1) is 0 Å². The van der Waals surface area contributed by atoms with E-state index in [2.05, 4.69) is 0 Å². The molecule has 2 aliphatic rings. The summed E-state index contributed by atoms with van der Waals surface area (Å²) in [5.41, 5.74) is 1.02. The van der Waals surface area contributed by atoms with Crippen molar-refractivity contribution in [2.75, 3.05) is 44.2 Å². The zero-order valence-corrected chi connectivity index (χ0v) is 21.3. The number of nitrogens with zero attached hydrogens (tertiary/aromatic N) is 4. The third-order valence-electron chi connectivity index (χ3n) is 7.03. The number of likely N-dealkylation sites (tertiary alicyclic amines) is 1. The second-order valence-electron chi connectivity index (χ2n) is 9.25. The number of amides is 5. The molecule has 0 radical (unpaired) electrons. The van der Waals surface area contributed by atoms with Gasteiger partial charge in [0.05, 0.1) is 17.0 Å². The van der Waals surface area contributed by atoms with Crippen LogP contribution in [0, 0.1) is 5.92 Å². The number of fused-ring (bicyclic) bond motifs is 1. The summed E-state index contributed by atoms with van der Waals surface area (Å²) >= 11 is 0. The maximum Gasteiger partial charge on any atom is 0.262 e.